The van der Waals surface area contributed by atoms with Gasteiger partial charge >= 0.3 is 0 Å². The van der Waals surface area contributed by atoms with E-state index in [9.17, 15) is 10.1 Å². The van der Waals surface area contributed by atoms with Gasteiger partial charge in [0.25, 0.3) is 0 Å². The first-order valence-electron chi connectivity index (χ1n) is 9.83. The molecule has 4 rings (SSSR count). The molecule has 6 heteroatoms. The summed E-state index contributed by atoms with van der Waals surface area (Å²) in [5.41, 5.74) is 11.0. The molecule has 0 fully saturated rings. The van der Waals surface area contributed by atoms with E-state index in [0.717, 1.165) is 28.9 Å². The molecule has 1 atom stereocenters. The molecule has 1 heterocycles. The molecule has 2 aromatic rings. The van der Waals surface area contributed by atoms with Crippen molar-refractivity contribution in [3.8, 4) is 11.8 Å². The lowest BCUT2D eigenvalue weighted by Gasteiger charge is -2.40. The first-order chi connectivity index (χ1) is 14.5. The Kier molecular flexibility index (Phi) is 5.27. The fourth-order valence-corrected chi connectivity index (χ4v) is 4.50. The second-order valence-electron chi connectivity index (χ2n) is 7.47. The number of carbonyl (C=O) groups is 1. The van der Waals surface area contributed by atoms with Crippen molar-refractivity contribution in [2.45, 2.75) is 32.1 Å². The van der Waals surface area contributed by atoms with Crippen molar-refractivity contribution in [1.82, 2.24) is 0 Å². The fraction of sp³-hybridized carbons (Fsp3) is 0.250. The summed E-state index contributed by atoms with van der Waals surface area (Å²) in [4.78, 5) is 15.0. The van der Waals surface area contributed by atoms with Crippen molar-refractivity contribution in [2.75, 3.05) is 12.0 Å². The van der Waals surface area contributed by atoms with Crippen LogP contribution in [0.2, 0.25) is 5.02 Å². The average molecular weight is 420 g/mol. The molecule has 0 radical (unpaired) electrons. The van der Waals surface area contributed by atoms with Gasteiger partial charge in [-0.3, -0.25) is 9.69 Å². The highest BCUT2D eigenvalue weighted by molar-refractivity contribution is 6.31. The second kappa shape index (κ2) is 7.89. The summed E-state index contributed by atoms with van der Waals surface area (Å²) < 4.78 is 5.26. The Balaban J connectivity index is 1.96. The maximum absolute atomic E-state index is 13.1. The van der Waals surface area contributed by atoms with Crippen molar-refractivity contribution in [1.29, 1.82) is 5.26 Å². The largest absolute Gasteiger partial charge is 0.497 e. The minimum Gasteiger partial charge on any atom is -0.497 e. The highest BCUT2D eigenvalue weighted by Crippen LogP contribution is 2.47. The molecule has 30 heavy (non-hydrogen) atoms. The highest BCUT2D eigenvalue weighted by atomic mass is 35.5. The van der Waals surface area contributed by atoms with E-state index in [1.165, 1.54) is 0 Å². The number of allylic oxidation sites excluding steroid dienone is 3. The predicted octanol–water partition coefficient (Wildman–Crippen LogP) is 4.96. The van der Waals surface area contributed by atoms with E-state index in [2.05, 4.69) is 6.07 Å². The number of ether oxygens (including phenoxy) is 1. The monoisotopic (exact) mass is 419 g/mol. The average Bonchev–Trinajstić information content (AvgIpc) is 2.76. The van der Waals surface area contributed by atoms with Crippen LogP contribution in [0.3, 0.4) is 0 Å². The van der Waals surface area contributed by atoms with Crippen LogP contribution >= 0.6 is 11.6 Å². The van der Waals surface area contributed by atoms with Crippen molar-refractivity contribution in [3.63, 3.8) is 0 Å². The molecule has 152 valence electrons. The van der Waals surface area contributed by atoms with Gasteiger partial charge in [0.2, 0.25) is 0 Å². The molecule has 0 spiro atoms. The number of rotatable bonds is 3. The molecule has 2 aliphatic rings. The molecule has 0 saturated carbocycles. The number of halogens is 1. The van der Waals surface area contributed by atoms with Gasteiger partial charge in [-0.2, -0.15) is 5.26 Å². The summed E-state index contributed by atoms with van der Waals surface area (Å²) in [6, 6.07) is 15.3. The Hall–Kier alpha value is -3.23. The first kappa shape index (κ1) is 20.1. The van der Waals surface area contributed by atoms with Crippen molar-refractivity contribution >= 4 is 23.1 Å². The molecule has 0 amide bonds. The Morgan fingerprint density at radius 3 is 2.60 bits per heavy atom. The van der Waals surface area contributed by atoms with Crippen LogP contribution in [0.5, 0.6) is 5.75 Å². The summed E-state index contributed by atoms with van der Waals surface area (Å²) in [5.74, 6) is 0.629. The van der Waals surface area contributed by atoms with Gasteiger partial charge < -0.3 is 10.5 Å². The quantitative estimate of drug-likeness (QED) is 0.760. The van der Waals surface area contributed by atoms with Crippen LogP contribution in [0.15, 0.2) is 65.1 Å². The standard InChI is InChI=1S/C24H22ClN3O2/c1-14-18(25)5-3-6-19(14)28-20-7-4-8-21(29)23(20)22(17(13-26)24(28)27)15-9-11-16(30-2)12-10-15/h3,5-6,9-12,22H,4,7-8,27H2,1-2H3. The van der Waals surface area contributed by atoms with Gasteiger partial charge in [-0.25, -0.2) is 0 Å². The number of methoxy groups -OCH3 is 1. The smallest absolute Gasteiger partial charge is 0.161 e. The van der Waals surface area contributed by atoms with E-state index in [-0.39, 0.29) is 5.78 Å². The van der Waals surface area contributed by atoms with Gasteiger partial charge in [0.15, 0.2) is 5.78 Å². The number of nitriles is 1. The van der Waals surface area contributed by atoms with Crippen LogP contribution in [-0.2, 0) is 4.79 Å². The third-order valence-electron chi connectivity index (χ3n) is 5.84. The van der Waals surface area contributed by atoms with Crippen molar-refractivity contribution < 1.29 is 9.53 Å². The normalized spacial score (nSPS) is 18.9. The molecule has 5 nitrogen and oxygen atoms in total. The summed E-state index contributed by atoms with van der Waals surface area (Å²) in [6.07, 6.45) is 1.92. The Bertz CT molecular complexity index is 1130. The minimum absolute atomic E-state index is 0.0574. The zero-order chi connectivity index (χ0) is 21.4. The van der Waals surface area contributed by atoms with Crippen LogP contribution in [-0.4, -0.2) is 12.9 Å². The lowest BCUT2D eigenvalue weighted by molar-refractivity contribution is -0.116. The third-order valence-corrected chi connectivity index (χ3v) is 6.25. The molecule has 1 unspecified atom stereocenters. The van der Waals surface area contributed by atoms with Crippen molar-refractivity contribution in [3.05, 3.63) is 81.3 Å². The topological polar surface area (TPSA) is 79.3 Å². The van der Waals surface area contributed by atoms with E-state index < -0.39 is 5.92 Å². The first-order valence-corrected chi connectivity index (χ1v) is 10.2. The van der Waals surface area contributed by atoms with Gasteiger partial charge in [-0.05, 0) is 55.2 Å². The van der Waals surface area contributed by atoms with Gasteiger partial charge in [0.05, 0.1) is 30.4 Å². The highest BCUT2D eigenvalue weighted by Gasteiger charge is 2.40. The summed E-state index contributed by atoms with van der Waals surface area (Å²) in [5, 5.41) is 10.7. The predicted molar refractivity (Wildman–Crippen MR) is 117 cm³/mol. The molecule has 0 saturated heterocycles. The zero-order valence-electron chi connectivity index (χ0n) is 16.9. The third kappa shape index (κ3) is 3.14. The molecule has 0 aromatic heterocycles. The van der Waals surface area contributed by atoms with E-state index >= 15 is 0 Å². The summed E-state index contributed by atoms with van der Waals surface area (Å²) in [7, 11) is 1.60. The SMILES string of the molecule is COc1ccc(C2C(C#N)=C(N)N(c3cccc(Cl)c3C)C3=C2C(=O)CCC3)cc1. The Labute approximate surface area is 181 Å². The number of carbonyl (C=O) groups excluding carboxylic acids is 1. The molecule has 2 aromatic carbocycles. The van der Waals surface area contributed by atoms with Crippen LogP contribution in [0.1, 0.15) is 36.3 Å². The van der Waals surface area contributed by atoms with Crippen LogP contribution < -0.4 is 15.4 Å². The van der Waals surface area contributed by atoms with E-state index in [1.54, 1.807) is 7.11 Å². The van der Waals surface area contributed by atoms with E-state index in [1.807, 2.05) is 54.3 Å². The molecule has 0 bridgehead atoms. The number of nitrogens with zero attached hydrogens (tertiary/aromatic N) is 2. The van der Waals surface area contributed by atoms with Crippen LogP contribution in [0.25, 0.3) is 0 Å². The Morgan fingerprint density at radius 1 is 1.20 bits per heavy atom. The number of hydrogen-bond donors (Lipinski definition) is 1. The number of benzene rings is 2. The van der Waals surface area contributed by atoms with E-state index in [4.69, 9.17) is 22.1 Å². The van der Waals surface area contributed by atoms with Crippen LogP contribution in [0, 0.1) is 18.3 Å². The van der Waals surface area contributed by atoms with Gasteiger partial charge in [-0.1, -0.05) is 29.8 Å². The number of nitrogens with two attached hydrogens (primary N) is 1. The molecule has 2 N–H and O–H groups in total. The number of ketones is 1. The van der Waals surface area contributed by atoms with Crippen molar-refractivity contribution in [2.24, 2.45) is 5.73 Å². The molecule has 1 aliphatic heterocycles. The maximum atomic E-state index is 13.1. The molecular weight excluding hydrogens is 398 g/mol. The summed E-state index contributed by atoms with van der Waals surface area (Å²) >= 11 is 6.36. The van der Waals surface area contributed by atoms with Gasteiger partial charge in [0.1, 0.15) is 11.6 Å². The second-order valence-corrected chi connectivity index (χ2v) is 7.88. The number of hydrogen-bond acceptors (Lipinski definition) is 5. The maximum Gasteiger partial charge on any atom is 0.161 e. The Morgan fingerprint density at radius 2 is 1.93 bits per heavy atom. The van der Waals surface area contributed by atoms with Crippen LogP contribution in [0.4, 0.5) is 5.69 Å². The fourth-order valence-electron chi connectivity index (χ4n) is 4.33. The van der Waals surface area contributed by atoms with Gasteiger partial charge in [0, 0.05) is 22.7 Å². The minimum atomic E-state index is -0.487. The number of anilines is 1. The lowest BCUT2D eigenvalue weighted by Crippen LogP contribution is -2.39. The van der Waals surface area contributed by atoms with E-state index in [0.29, 0.717) is 40.6 Å². The molecular formula is C24H22ClN3O2. The van der Waals surface area contributed by atoms with Gasteiger partial charge in [-0.15, -0.1) is 0 Å². The summed E-state index contributed by atoms with van der Waals surface area (Å²) in [6.45, 7) is 1.91. The lowest BCUT2D eigenvalue weighted by atomic mass is 9.75. The molecule has 1 aliphatic carbocycles. The zero-order valence-corrected chi connectivity index (χ0v) is 17.7. The number of Topliss-reactive ketones (excluding diaryl/α,β-unsaturated/α-hetero) is 1.